The third-order valence-corrected chi connectivity index (χ3v) is 8.59. The van der Waals surface area contributed by atoms with Crippen LogP contribution in [0.25, 0.3) is 16.9 Å². The molecule has 6 rings (SSSR count). The lowest BCUT2D eigenvalue weighted by Gasteiger charge is -2.49. The minimum absolute atomic E-state index is 0.0169. The summed E-state index contributed by atoms with van der Waals surface area (Å²) in [7, 11) is 0. The molecule has 3 aromatic heterocycles. The van der Waals surface area contributed by atoms with E-state index in [0.29, 0.717) is 18.9 Å². The van der Waals surface area contributed by atoms with Gasteiger partial charge >= 0.3 is 6.18 Å². The van der Waals surface area contributed by atoms with Gasteiger partial charge in [-0.25, -0.2) is 9.38 Å². The minimum Gasteiger partial charge on any atom is -0.376 e. The van der Waals surface area contributed by atoms with E-state index >= 15 is 0 Å². The number of imidazole rings is 1. The summed E-state index contributed by atoms with van der Waals surface area (Å²) in [6, 6.07) is 5.82. The van der Waals surface area contributed by atoms with Crippen LogP contribution in [-0.4, -0.2) is 71.9 Å². The highest BCUT2D eigenvalue weighted by molar-refractivity contribution is 5.87. The van der Waals surface area contributed by atoms with E-state index in [1.165, 1.54) is 12.1 Å². The second kappa shape index (κ2) is 10.5. The SMILES string of the molecule is Cc1nc2c(N3C[C@@H](C)N([C@H](c4ccc(C(F)(F)F)cc4)C(C)C)C[C@@H]3C)nc3nncn3c2n1C[C@@H]1CCCO1. The molecule has 2 aliphatic heterocycles. The highest BCUT2D eigenvalue weighted by atomic mass is 19.4. The number of aryl methyl sites for hydroxylation is 1. The van der Waals surface area contributed by atoms with Crippen LogP contribution in [0.3, 0.4) is 0 Å². The summed E-state index contributed by atoms with van der Waals surface area (Å²) in [6.07, 6.45) is -0.430. The number of aromatic nitrogens is 6. The molecule has 0 spiro atoms. The van der Waals surface area contributed by atoms with Crippen LogP contribution in [-0.2, 0) is 17.5 Å². The maximum absolute atomic E-state index is 13.2. The molecule has 0 amide bonds. The van der Waals surface area contributed by atoms with Crippen molar-refractivity contribution in [3.8, 4) is 0 Å². The number of alkyl halides is 3. The van der Waals surface area contributed by atoms with Crippen LogP contribution in [0.15, 0.2) is 30.6 Å². The molecule has 9 nitrogen and oxygen atoms in total. The van der Waals surface area contributed by atoms with Crippen LogP contribution in [0.2, 0.25) is 0 Å². The van der Waals surface area contributed by atoms with Crippen molar-refractivity contribution in [1.29, 1.82) is 0 Å². The van der Waals surface area contributed by atoms with Crippen molar-refractivity contribution >= 4 is 22.8 Å². The number of hydrogen-bond donors (Lipinski definition) is 0. The van der Waals surface area contributed by atoms with Gasteiger partial charge in [0.2, 0.25) is 0 Å². The van der Waals surface area contributed by atoms with E-state index in [1.807, 2.05) is 11.3 Å². The Labute approximate surface area is 237 Å². The van der Waals surface area contributed by atoms with Gasteiger partial charge in [0, 0.05) is 37.8 Å². The predicted octanol–water partition coefficient (Wildman–Crippen LogP) is 5.28. The second-order valence-corrected chi connectivity index (χ2v) is 11.9. The summed E-state index contributed by atoms with van der Waals surface area (Å²) in [6.45, 7) is 13.5. The molecule has 0 aliphatic carbocycles. The van der Waals surface area contributed by atoms with Crippen LogP contribution >= 0.6 is 0 Å². The number of fused-ring (bicyclic) bond motifs is 3. The van der Waals surface area contributed by atoms with Crippen molar-refractivity contribution in [2.24, 2.45) is 5.92 Å². The van der Waals surface area contributed by atoms with E-state index in [2.05, 4.69) is 52.3 Å². The normalized spacial score (nSPS) is 23.3. The smallest absolute Gasteiger partial charge is 0.376 e. The van der Waals surface area contributed by atoms with Gasteiger partial charge in [-0.05, 0) is 57.2 Å². The first-order valence-corrected chi connectivity index (χ1v) is 14.4. The first-order valence-electron chi connectivity index (χ1n) is 14.4. The molecule has 0 saturated carbocycles. The first kappa shape index (κ1) is 27.9. The van der Waals surface area contributed by atoms with Gasteiger partial charge < -0.3 is 14.2 Å². The molecular weight excluding hydrogens is 533 g/mol. The molecule has 220 valence electrons. The molecule has 41 heavy (non-hydrogen) atoms. The Morgan fingerprint density at radius 3 is 2.46 bits per heavy atom. The van der Waals surface area contributed by atoms with Crippen LogP contribution in [0.1, 0.15) is 63.5 Å². The number of anilines is 1. The molecule has 5 heterocycles. The zero-order valence-corrected chi connectivity index (χ0v) is 24.1. The Morgan fingerprint density at radius 1 is 1.05 bits per heavy atom. The molecule has 12 heteroatoms. The van der Waals surface area contributed by atoms with Crippen molar-refractivity contribution in [2.45, 2.75) is 84.4 Å². The van der Waals surface area contributed by atoms with Gasteiger partial charge in [-0.2, -0.15) is 18.2 Å². The number of hydrogen-bond acceptors (Lipinski definition) is 7. The summed E-state index contributed by atoms with van der Waals surface area (Å²) in [5.74, 6) is 2.40. The zero-order chi connectivity index (χ0) is 29.1. The fourth-order valence-corrected chi connectivity index (χ4v) is 6.63. The van der Waals surface area contributed by atoms with Crippen LogP contribution in [0.4, 0.5) is 19.0 Å². The van der Waals surface area contributed by atoms with E-state index < -0.39 is 11.7 Å². The van der Waals surface area contributed by atoms with Gasteiger partial charge in [-0.1, -0.05) is 26.0 Å². The standard InChI is InChI=1S/C29H37F3N8O/c1-17(2)25(21-8-10-22(11-9-21)29(30,31)32)37-13-19(4)38(14-18(37)3)26-24-27(40-16-33-36-28(40)35-26)39(20(5)34-24)15-23-7-6-12-41-23/h8-11,16-19,23,25H,6-7,12-15H2,1-5H3/t18-,19+,23+,25+/m1/s1. The molecule has 4 atom stereocenters. The van der Waals surface area contributed by atoms with Gasteiger partial charge in [0.25, 0.3) is 5.78 Å². The van der Waals surface area contributed by atoms with Gasteiger partial charge in [0.05, 0.1) is 18.2 Å². The lowest BCUT2D eigenvalue weighted by Crippen LogP contribution is -2.58. The second-order valence-electron chi connectivity index (χ2n) is 11.9. The lowest BCUT2D eigenvalue weighted by molar-refractivity contribution is -0.137. The van der Waals surface area contributed by atoms with Gasteiger partial charge in [0.1, 0.15) is 17.7 Å². The van der Waals surface area contributed by atoms with E-state index in [9.17, 15) is 13.2 Å². The fourth-order valence-electron chi connectivity index (χ4n) is 6.63. The summed E-state index contributed by atoms with van der Waals surface area (Å²) in [5.41, 5.74) is 2.00. The molecule has 1 aromatic carbocycles. The van der Waals surface area contributed by atoms with Crippen LogP contribution in [0, 0.1) is 12.8 Å². The van der Waals surface area contributed by atoms with Crippen LogP contribution in [0.5, 0.6) is 0 Å². The topological polar surface area (TPSA) is 76.6 Å². The number of ether oxygens (including phenoxy) is 1. The van der Waals surface area contributed by atoms with Crippen molar-refractivity contribution < 1.29 is 17.9 Å². The number of rotatable bonds is 6. The van der Waals surface area contributed by atoms with E-state index in [-0.39, 0.29) is 30.1 Å². The molecule has 2 saturated heterocycles. The molecule has 2 aliphatic rings. The monoisotopic (exact) mass is 570 g/mol. The van der Waals surface area contributed by atoms with Crippen molar-refractivity contribution in [3.05, 3.63) is 47.5 Å². The molecule has 2 fully saturated rings. The first-order chi connectivity index (χ1) is 19.5. The number of benzene rings is 1. The average molecular weight is 571 g/mol. The Bertz CT molecular complexity index is 1520. The highest BCUT2D eigenvalue weighted by Crippen LogP contribution is 2.37. The summed E-state index contributed by atoms with van der Waals surface area (Å²) < 4.78 is 49.7. The minimum atomic E-state index is -4.35. The van der Waals surface area contributed by atoms with Crippen molar-refractivity contribution in [2.75, 3.05) is 24.6 Å². The largest absolute Gasteiger partial charge is 0.416 e. The van der Waals surface area contributed by atoms with Gasteiger partial charge in [0.15, 0.2) is 11.5 Å². The van der Waals surface area contributed by atoms with E-state index in [1.54, 1.807) is 18.5 Å². The average Bonchev–Trinajstić information content (AvgIpc) is 3.66. The summed E-state index contributed by atoms with van der Waals surface area (Å²) in [5, 5.41) is 8.44. The van der Waals surface area contributed by atoms with E-state index in [0.717, 1.165) is 54.4 Å². The highest BCUT2D eigenvalue weighted by Gasteiger charge is 2.38. The third-order valence-electron chi connectivity index (χ3n) is 8.59. The summed E-state index contributed by atoms with van der Waals surface area (Å²) in [4.78, 5) is 14.7. The van der Waals surface area contributed by atoms with Gasteiger partial charge in [-0.3, -0.25) is 4.90 Å². The number of nitrogens with zero attached hydrogens (tertiary/aromatic N) is 8. The molecule has 0 radical (unpaired) electrons. The Hall–Kier alpha value is -3.25. The number of piperazine rings is 1. The fraction of sp³-hybridized carbons (Fsp3) is 0.586. The molecule has 0 bridgehead atoms. The maximum atomic E-state index is 13.2. The predicted molar refractivity (Wildman–Crippen MR) is 150 cm³/mol. The zero-order valence-electron chi connectivity index (χ0n) is 24.1. The summed E-state index contributed by atoms with van der Waals surface area (Å²) >= 11 is 0. The van der Waals surface area contributed by atoms with E-state index in [4.69, 9.17) is 14.7 Å². The molecule has 0 N–H and O–H groups in total. The maximum Gasteiger partial charge on any atom is 0.416 e. The lowest BCUT2D eigenvalue weighted by atomic mass is 9.90. The van der Waals surface area contributed by atoms with Crippen molar-refractivity contribution in [1.82, 2.24) is 34.0 Å². The Balaban J connectivity index is 1.33. The van der Waals surface area contributed by atoms with Crippen molar-refractivity contribution in [3.63, 3.8) is 0 Å². The Morgan fingerprint density at radius 2 is 1.80 bits per heavy atom. The molecule has 0 unspecified atom stereocenters. The molecule has 4 aromatic rings. The van der Waals surface area contributed by atoms with Gasteiger partial charge in [-0.15, -0.1) is 10.2 Å². The quantitative estimate of drug-likeness (QED) is 0.312. The van der Waals surface area contributed by atoms with Crippen LogP contribution < -0.4 is 4.90 Å². The Kier molecular flexibility index (Phi) is 7.17. The third kappa shape index (κ3) is 5.05. The number of halogens is 3. The molecular formula is C29H37F3N8O.